The van der Waals surface area contributed by atoms with E-state index in [0.717, 1.165) is 9.58 Å². The molecule has 2 fully saturated rings. The first-order chi connectivity index (χ1) is 16.3. The van der Waals surface area contributed by atoms with E-state index < -0.39 is 53.1 Å². The number of hydrogen-bond donors (Lipinski definition) is 2. The van der Waals surface area contributed by atoms with Crippen LogP contribution in [0.2, 0.25) is 0 Å². The third kappa shape index (κ3) is 4.67. The zero-order valence-corrected chi connectivity index (χ0v) is 20.8. The first-order valence-electron chi connectivity index (χ1n) is 10.5. The van der Waals surface area contributed by atoms with Crippen molar-refractivity contribution in [1.29, 1.82) is 0 Å². The summed E-state index contributed by atoms with van der Waals surface area (Å²) in [5.74, 6) is -3.39. The van der Waals surface area contributed by atoms with Crippen molar-refractivity contribution in [3.63, 3.8) is 0 Å². The number of fused-ring (bicyclic) bond motifs is 1. The largest absolute Gasteiger partial charge is 0.477 e. The van der Waals surface area contributed by atoms with Gasteiger partial charge in [-0.25, -0.2) is 4.79 Å². The van der Waals surface area contributed by atoms with Crippen LogP contribution < -0.4 is 5.32 Å². The lowest BCUT2D eigenvalue weighted by atomic mass is 10.0. The number of ether oxygens (including phenoxy) is 1. The van der Waals surface area contributed by atoms with Crippen LogP contribution in [0, 0.1) is 0 Å². The number of alkyl halides is 3. The second kappa shape index (κ2) is 9.15. The molecule has 190 valence electrons. The summed E-state index contributed by atoms with van der Waals surface area (Å²) in [5, 5.41) is 15.1. The minimum atomic E-state index is -4.71. The fourth-order valence-electron chi connectivity index (χ4n) is 3.99. The van der Waals surface area contributed by atoms with Crippen molar-refractivity contribution in [2.24, 2.45) is 0 Å². The minimum absolute atomic E-state index is 0.151. The van der Waals surface area contributed by atoms with E-state index in [9.17, 15) is 37.5 Å². The highest BCUT2D eigenvalue weighted by Gasteiger charge is 2.54. The standard InChI is InChI=1S/C20H20BrF3N4O6S/c1-7(28-13(9-3-4-9)11(21)15(26-28)20(22,23)24)16(30)25-12-17(31)27-14(19(32)33)10(5-34-8(2)29)6-35-18(12)27/h7,9,12,18H,3-6H2,1-2H3,(H,25,30)(H,32,33)/t7-,12-,18+/m0/s1. The van der Waals surface area contributed by atoms with Crippen LogP contribution in [0.25, 0.3) is 0 Å². The highest BCUT2D eigenvalue weighted by Crippen LogP contribution is 2.48. The van der Waals surface area contributed by atoms with E-state index in [-0.39, 0.29) is 39.7 Å². The van der Waals surface area contributed by atoms with E-state index >= 15 is 0 Å². The van der Waals surface area contributed by atoms with Gasteiger partial charge in [-0.05, 0) is 35.7 Å². The number of nitrogens with one attached hydrogen (secondary N) is 1. The first-order valence-corrected chi connectivity index (χ1v) is 12.4. The quantitative estimate of drug-likeness (QED) is 0.371. The van der Waals surface area contributed by atoms with Gasteiger partial charge in [0.2, 0.25) is 5.91 Å². The Balaban J connectivity index is 1.52. The van der Waals surface area contributed by atoms with Gasteiger partial charge in [-0.15, -0.1) is 11.8 Å². The van der Waals surface area contributed by atoms with E-state index in [4.69, 9.17) is 4.74 Å². The van der Waals surface area contributed by atoms with Crippen LogP contribution >= 0.6 is 27.7 Å². The number of halogens is 4. The number of nitrogens with zero attached hydrogens (tertiary/aromatic N) is 3. The van der Waals surface area contributed by atoms with Crippen molar-refractivity contribution in [3.05, 3.63) is 27.1 Å². The molecule has 0 radical (unpaired) electrons. The van der Waals surface area contributed by atoms with E-state index in [0.29, 0.717) is 12.8 Å². The van der Waals surface area contributed by atoms with Gasteiger partial charge in [-0.1, -0.05) is 0 Å². The molecule has 3 heterocycles. The van der Waals surface area contributed by atoms with E-state index in [2.05, 4.69) is 26.3 Å². The van der Waals surface area contributed by atoms with Gasteiger partial charge in [-0.3, -0.25) is 24.0 Å². The number of thioether (sulfide) groups is 1. The van der Waals surface area contributed by atoms with Gasteiger partial charge >= 0.3 is 18.1 Å². The average Bonchev–Trinajstić information content (AvgIpc) is 3.54. The molecule has 0 spiro atoms. The molecule has 0 aromatic carbocycles. The van der Waals surface area contributed by atoms with Crippen LogP contribution in [-0.4, -0.2) is 67.3 Å². The molecule has 0 unspecified atom stereocenters. The Labute approximate surface area is 209 Å². The molecule has 2 N–H and O–H groups in total. The lowest BCUT2D eigenvalue weighted by Crippen LogP contribution is -2.71. The summed E-state index contributed by atoms with van der Waals surface area (Å²) >= 11 is 4.17. The van der Waals surface area contributed by atoms with Gasteiger partial charge in [0.05, 0.1) is 10.2 Å². The SMILES string of the molecule is CC(=O)OCC1=C(C(=O)O)N2C(=O)[C@H](NC(=O)[C@H](C)n3nc(C(F)(F)F)c(Br)c3C3CC3)[C@H]2SC1. The van der Waals surface area contributed by atoms with E-state index in [1.54, 1.807) is 0 Å². The van der Waals surface area contributed by atoms with Crippen LogP contribution in [0.3, 0.4) is 0 Å². The van der Waals surface area contributed by atoms with Gasteiger partial charge in [0, 0.05) is 24.2 Å². The molecule has 1 saturated heterocycles. The average molecular weight is 581 g/mol. The molecular formula is C20H20BrF3N4O6S. The molecule has 1 aliphatic carbocycles. The lowest BCUT2D eigenvalue weighted by Gasteiger charge is -2.49. The topological polar surface area (TPSA) is 131 Å². The van der Waals surface area contributed by atoms with Crippen LogP contribution in [-0.2, 0) is 30.1 Å². The predicted molar refractivity (Wildman–Crippen MR) is 118 cm³/mol. The summed E-state index contributed by atoms with van der Waals surface area (Å²) in [6.07, 6.45) is -3.37. The number of hydrogen-bond acceptors (Lipinski definition) is 7. The van der Waals surface area contributed by atoms with Gasteiger partial charge in [0.25, 0.3) is 5.91 Å². The van der Waals surface area contributed by atoms with Crippen LogP contribution in [0.15, 0.2) is 15.7 Å². The maximum Gasteiger partial charge on any atom is 0.436 e. The monoisotopic (exact) mass is 580 g/mol. The number of rotatable bonds is 7. The summed E-state index contributed by atoms with van der Waals surface area (Å²) in [7, 11) is 0. The van der Waals surface area contributed by atoms with Crippen molar-refractivity contribution in [3.8, 4) is 0 Å². The Morgan fingerprint density at radius 3 is 2.54 bits per heavy atom. The molecule has 2 aliphatic heterocycles. The maximum atomic E-state index is 13.4. The third-order valence-corrected chi connectivity index (χ3v) is 7.98. The second-order valence-corrected chi connectivity index (χ2v) is 10.3. The van der Waals surface area contributed by atoms with Crippen molar-refractivity contribution in [2.75, 3.05) is 12.4 Å². The van der Waals surface area contributed by atoms with Crippen LogP contribution in [0.4, 0.5) is 13.2 Å². The normalized spacial score (nSPS) is 22.9. The number of carbonyl (C=O) groups is 4. The fraction of sp³-hybridized carbons (Fsp3) is 0.550. The van der Waals surface area contributed by atoms with E-state index in [1.165, 1.54) is 25.6 Å². The summed E-state index contributed by atoms with van der Waals surface area (Å²) in [6.45, 7) is 2.27. The maximum absolute atomic E-state index is 13.4. The molecule has 3 aliphatic rings. The van der Waals surface area contributed by atoms with Crippen LogP contribution in [0.1, 0.15) is 50.0 Å². The van der Waals surface area contributed by atoms with Crippen molar-refractivity contribution in [2.45, 2.75) is 56.2 Å². The van der Waals surface area contributed by atoms with Gasteiger partial charge < -0.3 is 15.2 Å². The number of amides is 2. The zero-order chi connectivity index (χ0) is 25.8. The first kappa shape index (κ1) is 25.5. The Bertz CT molecular complexity index is 1150. The number of carboxylic acid groups (broad SMARTS) is 1. The molecule has 15 heteroatoms. The predicted octanol–water partition coefficient (Wildman–Crippen LogP) is 2.40. The second-order valence-electron chi connectivity index (χ2n) is 8.37. The Morgan fingerprint density at radius 2 is 2.00 bits per heavy atom. The Hall–Kier alpha value is -2.55. The third-order valence-electron chi connectivity index (χ3n) is 5.86. The van der Waals surface area contributed by atoms with Crippen molar-refractivity contribution < 1.29 is 42.2 Å². The summed E-state index contributed by atoms with van der Waals surface area (Å²) in [5.41, 5.74) is -0.903. The van der Waals surface area contributed by atoms with Gasteiger partial charge in [0.1, 0.15) is 29.8 Å². The smallest absolute Gasteiger partial charge is 0.436 e. The number of esters is 1. The van der Waals surface area contributed by atoms with Gasteiger partial charge in [-0.2, -0.15) is 18.3 Å². The molecule has 2 amide bonds. The Kier molecular flexibility index (Phi) is 6.68. The number of aromatic nitrogens is 2. The summed E-state index contributed by atoms with van der Waals surface area (Å²) in [4.78, 5) is 49.6. The van der Waals surface area contributed by atoms with Crippen molar-refractivity contribution >= 4 is 51.4 Å². The molecule has 1 aromatic rings. The van der Waals surface area contributed by atoms with E-state index in [1.807, 2.05) is 0 Å². The molecule has 4 rings (SSSR count). The number of β-lactam (4-membered cyclic amide) rings is 1. The molecular weight excluding hydrogens is 561 g/mol. The number of carboxylic acids is 1. The summed E-state index contributed by atoms with van der Waals surface area (Å²) < 4.78 is 45.9. The molecule has 0 bridgehead atoms. The molecule has 3 atom stereocenters. The molecule has 35 heavy (non-hydrogen) atoms. The van der Waals surface area contributed by atoms with Gasteiger partial charge in [0.15, 0.2) is 5.69 Å². The fourth-order valence-corrected chi connectivity index (χ4v) is 6.13. The molecule has 1 saturated carbocycles. The minimum Gasteiger partial charge on any atom is -0.477 e. The zero-order valence-electron chi connectivity index (χ0n) is 18.4. The molecule has 1 aromatic heterocycles. The summed E-state index contributed by atoms with van der Waals surface area (Å²) in [6, 6.07) is -2.22. The Morgan fingerprint density at radius 1 is 1.34 bits per heavy atom. The lowest BCUT2D eigenvalue weighted by molar-refractivity contribution is -0.151. The number of carbonyl (C=O) groups excluding carboxylic acids is 3. The molecule has 10 nitrogen and oxygen atoms in total. The van der Waals surface area contributed by atoms with Crippen molar-refractivity contribution in [1.82, 2.24) is 20.0 Å². The van der Waals surface area contributed by atoms with Crippen LogP contribution in [0.5, 0.6) is 0 Å². The number of aliphatic carboxylic acids is 1. The highest BCUT2D eigenvalue weighted by molar-refractivity contribution is 9.10. The highest BCUT2D eigenvalue weighted by atomic mass is 79.9.